The standard InChI is InChI=1S/C11H20N4O2S/c1-4-7(2)15(5-6-17-3)11-8(10(13)16)9(12)14-18-11/h7H,4-6H2,1-3H3,(H2,12,14)(H2,13,16). The summed E-state index contributed by atoms with van der Waals surface area (Å²) in [6, 6.07) is 0.262. The van der Waals surface area contributed by atoms with Crippen molar-refractivity contribution in [1.82, 2.24) is 4.37 Å². The fraction of sp³-hybridized carbons (Fsp3) is 0.636. The fourth-order valence-corrected chi connectivity index (χ4v) is 2.60. The molecule has 1 heterocycles. The van der Waals surface area contributed by atoms with E-state index >= 15 is 0 Å². The molecule has 1 aromatic heterocycles. The van der Waals surface area contributed by atoms with Crippen LogP contribution in [0.25, 0.3) is 0 Å². The molecule has 1 atom stereocenters. The van der Waals surface area contributed by atoms with E-state index in [1.165, 1.54) is 11.5 Å². The second kappa shape index (κ2) is 6.55. The number of anilines is 2. The Labute approximate surface area is 111 Å². The number of nitrogens with zero attached hydrogens (tertiary/aromatic N) is 2. The molecule has 4 N–H and O–H groups in total. The van der Waals surface area contributed by atoms with Crippen molar-refractivity contribution in [2.24, 2.45) is 5.73 Å². The molecule has 0 saturated heterocycles. The molecule has 1 aromatic rings. The number of nitrogen functional groups attached to an aromatic ring is 1. The summed E-state index contributed by atoms with van der Waals surface area (Å²) >= 11 is 1.20. The number of rotatable bonds is 7. The molecule has 0 fully saturated rings. The van der Waals surface area contributed by atoms with Crippen molar-refractivity contribution in [3.8, 4) is 0 Å². The average molecular weight is 272 g/mol. The Morgan fingerprint density at radius 1 is 1.61 bits per heavy atom. The quantitative estimate of drug-likeness (QED) is 0.774. The molecule has 0 aromatic carbocycles. The molecule has 1 unspecified atom stereocenters. The van der Waals surface area contributed by atoms with E-state index in [0.717, 1.165) is 11.4 Å². The summed E-state index contributed by atoms with van der Waals surface area (Å²) < 4.78 is 9.11. The van der Waals surface area contributed by atoms with Gasteiger partial charge >= 0.3 is 0 Å². The van der Waals surface area contributed by atoms with Crippen LogP contribution in [-0.4, -0.2) is 36.6 Å². The molecular formula is C11H20N4O2S. The van der Waals surface area contributed by atoms with Crippen LogP contribution < -0.4 is 16.4 Å². The second-order valence-electron chi connectivity index (χ2n) is 4.06. The minimum Gasteiger partial charge on any atom is -0.383 e. The second-order valence-corrected chi connectivity index (χ2v) is 4.81. The Hall–Kier alpha value is -1.34. The van der Waals surface area contributed by atoms with Gasteiger partial charge in [-0.15, -0.1) is 0 Å². The van der Waals surface area contributed by atoms with Crippen LogP contribution in [0.15, 0.2) is 0 Å². The maximum absolute atomic E-state index is 11.4. The van der Waals surface area contributed by atoms with E-state index in [1.54, 1.807) is 7.11 Å². The maximum Gasteiger partial charge on any atom is 0.255 e. The lowest BCUT2D eigenvalue weighted by molar-refractivity contribution is 0.100. The molecule has 0 radical (unpaired) electrons. The lowest BCUT2D eigenvalue weighted by Crippen LogP contribution is -2.36. The van der Waals surface area contributed by atoms with Crippen LogP contribution in [0.3, 0.4) is 0 Å². The summed E-state index contributed by atoms with van der Waals surface area (Å²) in [6.45, 7) is 5.41. The summed E-state index contributed by atoms with van der Waals surface area (Å²) in [7, 11) is 1.64. The van der Waals surface area contributed by atoms with Gasteiger partial charge in [-0.3, -0.25) is 4.79 Å². The molecule has 0 spiro atoms. The van der Waals surface area contributed by atoms with Gasteiger partial charge in [-0.1, -0.05) is 6.92 Å². The number of hydrogen-bond donors (Lipinski definition) is 2. The van der Waals surface area contributed by atoms with Crippen molar-refractivity contribution >= 4 is 28.3 Å². The van der Waals surface area contributed by atoms with Gasteiger partial charge < -0.3 is 21.1 Å². The van der Waals surface area contributed by atoms with E-state index in [1.807, 2.05) is 0 Å². The van der Waals surface area contributed by atoms with Gasteiger partial charge in [0.1, 0.15) is 10.6 Å². The van der Waals surface area contributed by atoms with Gasteiger partial charge in [0.05, 0.1) is 6.61 Å². The Morgan fingerprint density at radius 3 is 2.78 bits per heavy atom. The lowest BCUT2D eigenvalue weighted by Gasteiger charge is -2.29. The third-order valence-corrected chi connectivity index (χ3v) is 3.77. The van der Waals surface area contributed by atoms with Crippen LogP contribution in [0, 0.1) is 0 Å². The zero-order valence-electron chi connectivity index (χ0n) is 11.0. The Bertz CT molecular complexity index is 408. The smallest absolute Gasteiger partial charge is 0.255 e. The van der Waals surface area contributed by atoms with Gasteiger partial charge in [0.25, 0.3) is 5.91 Å². The summed E-state index contributed by atoms with van der Waals surface area (Å²) in [6.07, 6.45) is 0.944. The number of carbonyl (C=O) groups excluding carboxylic acids is 1. The van der Waals surface area contributed by atoms with Crippen molar-refractivity contribution in [3.63, 3.8) is 0 Å². The van der Waals surface area contributed by atoms with Crippen LogP contribution in [-0.2, 0) is 4.74 Å². The number of nitrogens with two attached hydrogens (primary N) is 2. The van der Waals surface area contributed by atoms with E-state index < -0.39 is 5.91 Å². The SMILES string of the molecule is CCC(C)N(CCOC)c1snc(N)c1C(N)=O. The molecule has 0 aliphatic rings. The van der Waals surface area contributed by atoms with Gasteiger partial charge in [-0.25, -0.2) is 0 Å². The molecule has 0 aliphatic carbocycles. The highest BCUT2D eigenvalue weighted by atomic mass is 32.1. The minimum atomic E-state index is -0.540. The van der Waals surface area contributed by atoms with Crippen LogP contribution in [0.5, 0.6) is 0 Å². The third kappa shape index (κ3) is 3.11. The van der Waals surface area contributed by atoms with E-state index in [-0.39, 0.29) is 11.9 Å². The van der Waals surface area contributed by atoms with E-state index in [9.17, 15) is 4.79 Å². The van der Waals surface area contributed by atoms with E-state index in [2.05, 4.69) is 23.1 Å². The number of primary amides is 1. The molecule has 0 saturated carbocycles. The highest BCUT2D eigenvalue weighted by Crippen LogP contribution is 2.31. The molecule has 7 heteroatoms. The Balaban J connectivity index is 3.08. The first-order valence-corrected chi connectivity index (χ1v) is 6.60. The van der Waals surface area contributed by atoms with Crippen LogP contribution in [0.2, 0.25) is 0 Å². The van der Waals surface area contributed by atoms with Crippen LogP contribution in [0.1, 0.15) is 30.6 Å². The van der Waals surface area contributed by atoms with Gasteiger partial charge in [0.15, 0.2) is 5.82 Å². The first kappa shape index (κ1) is 14.7. The number of hydrogen-bond acceptors (Lipinski definition) is 6. The van der Waals surface area contributed by atoms with E-state index in [4.69, 9.17) is 16.2 Å². The molecule has 1 amide bonds. The highest BCUT2D eigenvalue weighted by Gasteiger charge is 2.24. The molecular weight excluding hydrogens is 252 g/mol. The first-order chi connectivity index (χ1) is 8.52. The topological polar surface area (TPSA) is 94.5 Å². The van der Waals surface area contributed by atoms with Gasteiger partial charge in [0, 0.05) is 19.7 Å². The number of methoxy groups -OCH3 is 1. The van der Waals surface area contributed by atoms with Crippen molar-refractivity contribution in [2.75, 3.05) is 30.9 Å². The van der Waals surface area contributed by atoms with Crippen LogP contribution >= 0.6 is 11.5 Å². The molecule has 0 bridgehead atoms. The van der Waals surface area contributed by atoms with E-state index in [0.29, 0.717) is 18.7 Å². The van der Waals surface area contributed by atoms with Crippen molar-refractivity contribution < 1.29 is 9.53 Å². The van der Waals surface area contributed by atoms with Crippen molar-refractivity contribution in [2.45, 2.75) is 26.3 Å². The molecule has 6 nitrogen and oxygen atoms in total. The Morgan fingerprint density at radius 2 is 2.28 bits per heavy atom. The number of aromatic nitrogens is 1. The number of amides is 1. The third-order valence-electron chi connectivity index (χ3n) is 2.87. The maximum atomic E-state index is 11.4. The summed E-state index contributed by atoms with van der Waals surface area (Å²) in [5.41, 5.74) is 11.4. The number of ether oxygens (including phenoxy) is 1. The minimum absolute atomic E-state index is 0.202. The Kier molecular flexibility index (Phi) is 5.36. The average Bonchev–Trinajstić information content (AvgIpc) is 2.71. The molecule has 0 aliphatic heterocycles. The lowest BCUT2D eigenvalue weighted by atomic mass is 10.2. The zero-order valence-corrected chi connectivity index (χ0v) is 11.8. The highest BCUT2D eigenvalue weighted by molar-refractivity contribution is 7.11. The fourth-order valence-electron chi connectivity index (χ4n) is 1.65. The number of carbonyl (C=O) groups is 1. The zero-order chi connectivity index (χ0) is 13.7. The predicted octanol–water partition coefficient (Wildman–Crippen LogP) is 1.08. The van der Waals surface area contributed by atoms with Gasteiger partial charge in [0.2, 0.25) is 0 Å². The molecule has 18 heavy (non-hydrogen) atoms. The summed E-state index contributed by atoms with van der Waals surface area (Å²) in [4.78, 5) is 13.5. The monoisotopic (exact) mass is 272 g/mol. The largest absolute Gasteiger partial charge is 0.383 e. The molecule has 102 valence electrons. The van der Waals surface area contributed by atoms with Crippen LogP contribution in [0.4, 0.5) is 10.8 Å². The summed E-state index contributed by atoms with van der Waals surface area (Å²) in [5.74, 6) is -0.338. The summed E-state index contributed by atoms with van der Waals surface area (Å²) in [5, 5.41) is 0.728. The van der Waals surface area contributed by atoms with Gasteiger partial charge in [-0.05, 0) is 24.9 Å². The normalized spacial score (nSPS) is 12.4. The van der Waals surface area contributed by atoms with Crippen molar-refractivity contribution in [1.29, 1.82) is 0 Å². The van der Waals surface area contributed by atoms with Crippen molar-refractivity contribution in [3.05, 3.63) is 5.56 Å². The molecule has 1 rings (SSSR count). The predicted molar refractivity (Wildman–Crippen MR) is 74.0 cm³/mol. The van der Waals surface area contributed by atoms with Gasteiger partial charge in [-0.2, -0.15) is 4.37 Å². The first-order valence-electron chi connectivity index (χ1n) is 5.83.